The lowest BCUT2D eigenvalue weighted by atomic mass is 10.2. The van der Waals surface area contributed by atoms with E-state index in [1.165, 1.54) is 10.7 Å². The molecule has 6 nitrogen and oxygen atoms in total. The van der Waals surface area contributed by atoms with Gasteiger partial charge in [-0.05, 0) is 61.9 Å². The van der Waals surface area contributed by atoms with Crippen LogP contribution in [0.5, 0.6) is 11.5 Å². The van der Waals surface area contributed by atoms with Gasteiger partial charge in [-0.3, -0.25) is 4.79 Å². The van der Waals surface area contributed by atoms with Gasteiger partial charge < -0.3 is 9.47 Å². The summed E-state index contributed by atoms with van der Waals surface area (Å²) < 4.78 is 27.4. The molecule has 0 atom stereocenters. The van der Waals surface area contributed by atoms with E-state index in [1.54, 1.807) is 61.7 Å². The zero-order chi connectivity index (χ0) is 23.4. The van der Waals surface area contributed by atoms with Crippen molar-refractivity contribution < 1.29 is 13.9 Å². The number of hydrogen-bond donors (Lipinski definition) is 0. The predicted octanol–water partition coefficient (Wildman–Crippen LogP) is 5.47. The van der Waals surface area contributed by atoms with Gasteiger partial charge in [-0.15, -0.1) is 0 Å². The van der Waals surface area contributed by atoms with Gasteiger partial charge in [-0.25, -0.2) is 9.37 Å². The lowest BCUT2D eigenvalue weighted by Crippen LogP contribution is -2.20. The maximum absolute atomic E-state index is 13.9. The average Bonchev–Trinajstić information content (AvgIpc) is 2.80. The predicted molar refractivity (Wildman–Crippen MR) is 130 cm³/mol. The van der Waals surface area contributed by atoms with Gasteiger partial charge in [-0.1, -0.05) is 34.1 Å². The van der Waals surface area contributed by atoms with E-state index in [0.717, 1.165) is 4.47 Å². The fraction of sp³-hybridized carbons (Fsp3) is 0.160. The SMILES string of the molecule is CCOc1cc(C=Nn2c(C)nc3ccc(Br)cc3c2=O)ccc1OCc1ccccc1F. The molecule has 0 aliphatic heterocycles. The summed E-state index contributed by atoms with van der Waals surface area (Å²) >= 11 is 3.39. The van der Waals surface area contributed by atoms with Gasteiger partial charge in [0.2, 0.25) is 0 Å². The van der Waals surface area contributed by atoms with Crippen molar-refractivity contribution in [1.29, 1.82) is 0 Å². The van der Waals surface area contributed by atoms with Crippen LogP contribution in [0.1, 0.15) is 23.9 Å². The van der Waals surface area contributed by atoms with Crippen LogP contribution < -0.4 is 15.0 Å². The molecule has 4 rings (SSSR count). The van der Waals surface area contributed by atoms with Gasteiger partial charge in [0.15, 0.2) is 11.5 Å². The van der Waals surface area contributed by atoms with E-state index in [9.17, 15) is 9.18 Å². The summed E-state index contributed by atoms with van der Waals surface area (Å²) in [4.78, 5) is 17.4. The molecule has 0 aliphatic carbocycles. The summed E-state index contributed by atoms with van der Waals surface area (Å²) in [5.41, 5.74) is 1.51. The minimum atomic E-state index is -0.323. The Kier molecular flexibility index (Phi) is 6.84. The first-order valence-electron chi connectivity index (χ1n) is 10.3. The molecule has 0 bridgehead atoms. The number of ether oxygens (including phenoxy) is 2. The maximum Gasteiger partial charge on any atom is 0.282 e. The second-order valence-electron chi connectivity index (χ2n) is 7.20. The summed E-state index contributed by atoms with van der Waals surface area (Å²) in [6, 6.07) is 17.1. The lowest BCUT2D eigenvalue weighted by molar-refractivity contribution is 0.266. The van der Waals surface area contributed by atoms with Crippen molar-refractivity contribution >= 4 is 33.0 Å². The van der Waals surface area contributed by atoms with Crippen molar-refractivity contribution in [2.75, 3.05) is 6.61 Å². The summed E-state index contributed by atoms with van der Waals surface area (Å²) in [6.07, 6.45) is 1.56. The molecule has 0 radical (unpaired) electrons. The molecule has 3 aromatic carbocycles. The van der Waals surface area contributed by atoms with Gasteiger partial charge in [0.25, 0.3) is 5.56 Å². The minimum absolute atomic E-state index is 0.0765. The van der Waals surface area contributed by atoms with E-state index in [0.29, 0.717) is 46.0 Å². The van der Waals surface area contributed by atoms with Crippen LogP contribution >= 0.6 is 15.9 Å². The van der Waals surface area contributed by atoms with Crippen molar-refractivity contribution in [2.45, 2.75) is 20.5 Å². The van der Waals surface area contributed by atoms with Gasteiger partial charge in [0.05, 0.1) is 23.7 Å². The van der Waals surface area contributed by atoms with Crippen LogP contribution in [0.25, 0.3) is 10.9 Å². The normalized spacial score (nSPS) is 11.3. The third-order valence-electron chi connectivity index (χ3n) is 4.90. The van der Waals surface area contributed by atoms with Crippen LogP contribution in [0, 0.1) is 12.7 Å². The van der Waals surface area contributed by atoms with Crippen LogP contribution in [0.15, 0.2) is 75.0 Å². The molecule has 0 fully saturated rings. The molecule has 0 amide bonds. The summed E-state index contributed by atoms with van der Waals surface area (Å²) in [7, 11) is 0. The van der Waals surface area contributed by atoms with E-state index in [1.807, 2.05) is 13.0 Å². The van der Waals surface area contributed by atoms with E-state index >= 15 is 0 Å². The summed E-state index contributed by atoms with van der Waals surface area (Å²) in [6.45, 7) is 4.10. The third kappa shape index (κ3) is 5.12. The Morgan fingerprint density at radius 3 is 2.70 bits per heavy atom. The third-order valence-corrected chi connectivity index (χ3v) is 5.39. The number of fused-ring (bicyclic) bond motifs is 1. The topological polar surface area (TPSA) is 65.7 Å². The zero-order valence-corrected chi connectivity index (χ0v) is 19.7. The highest BCUT2D eigenvalue weighted by molar-refractivity contribution is 9.10. The second-order valence-corrected chi connectivity index (χ2v) is 8.12. The number of nitrogens with zero attached hydrogens (tertiary/aromatic N) is 3. The molecule has 1 aromatic heterocycles. The first kappa shape index (κ1) is 22.7. The molecule has 0 unspecified atom stereocenters. The Morgan fingerprint density at radius 2 is 1.91 bits per heavy atom. The van der Waals surface area contributed by atoms with Crippen LogP contribution in [-0.4, -0.2) is 22.5 Å². The molecule has 4 aromatic rings. The van der Waals surface area contributed by atoms with Crippen LogP contribution in [-0.2, 0) is 6.61 Å². The van der Waals surface area contributed by atoms with E-state index in [4.69, 9.17) is 9.47 Å². The largest absolute Gasteiger partial charge is 0.490 e. The molecule has 0 N–H and O–H groups in total. The first-order chi connectivity index (χ1) is 16.0. The van der Waals surface area contributed by atoms with Crippen molar-refractivity contribution in [3.63, 3.8) is 0 Å². The number of aryl methyl sites for hydroxylation is 1. The molecular weight excluding hydrogens is 489 g/mol. The number of halogens is 2. The van der Waals surface area contributed by atoms with Crippen molar-refractivity contribution in [2.24, 2.45) is 5.10 Å². The van der Waals surface area contributed by atoms with Gasteiger partial charge in [0, 0.05) is 10.0 Å². The van der Waals surface area contributed by atoms with E-state index < -0.39 is 0 Å². The van der Waals surface area contributed by atoms with Crippen molar-refractivity contribution in [3.05, 3.63) is 98.3 Å². The second kappa shape index (κ2) is 9.95. The Morgan fingerprint density at radius 1 is 1.09 bits per heavy atom. The number of rotatable bonds is 7. The molecule has 0 saturated heterocycles. The van der Waals surface area contributed by atoms with E-state index in [-0.39, 0.29) is 18.0 Å². The molecular formula is C25H21BrFN3O3. The Bertz CT molecular complexity index is 1400. The Balaban J connectivity index is 1.61. The maximum atomic E-state index is 13.9. The molecule has 0 aliphatic rings. The quantitative estimate of drug-likeness (QED) is 0.310. The number of hydrogen-bond acceptors (Lipinski definition) is 5. The summed E-state index contributed by atoms with van der Waals surface area (Å²) in [5, 5.41) is 4.82. The number of aromatic nitrogens is 2. The highest BCUT2D eigenvalue weighted by Crippen LogP contribution is 2.29. The minimum Gasteiger partial charge on any atom is -0.490 e. The molecule has 8 heteroatoms. The Hall–Kier alpha value is -3.52. The smallest absolute Gasteiger partial charge is 0.282 e. The fourth-order valence-electron chi connectivity index (χ4n) is 3.28. The zero-order valence-electron chi connectivity index (χ0n) is 18.1. The first-order valence-corrected chi connectivity index (χ1v) is 11.1. The van der Waals surface area contributed by atoms with Gasteiger partial charge >= 0.3 is 0 Å². The van der Waals surface area contributed by atoms with Gasteiger partial charge in [0.1, 0.15) is 18.2 Å². The highest BCUT2D eigenvalue weighted by Gasteiger charge is 2.10. The summed E-state index contributed by atoms with van der Waals surface area (Å²) in [5.74, 6) is 1.14. The number of benzene rings is 3. The van der Waals surface area contributed by atoms with E-state index in [2.05, 4.69) is 26.0 Å². The van der Waals surface area contributed by atoms with Crippen LogP contribution in [0.2, 0.25) is 0 Å². The van der Waals surface area contributed by atoms with Crippen LogP contribution in [0.4, 0.5) is 4.39 Å². The molecule has 0 saturated carbocycles. The standard InChI is InChI=1S/C25H21BrFN3O3/c1-3-32-24-12-17(8-11-23(24)33-15-18-6-4-5-7-21(18)27)14-28-30-16(2)29-22-10-9-19(26)13-20(22)25(30)31/h4-14H,3,15H2,1-2H3. The fourth-order valence-corrected chi connectivity index (χ4v) is 3.64. The average molecular weight is 510 g/mol. The van der Waals surface area contributed by atoms with Crippen molar-refractivity contribution in [1.82, 2.24) is 9.66 Å². The molecule has 33 heavy (non-hydrogen) atoms. The highest BCUT2D eigenvalue weighted by atomic mass is 79.9. The van der Waals surface area contributed by atoms with Crippen LogP contribution in [0.3, 0.4) is 0 Å². The Labute approximate surface area is 198 Å². The monoisotopic (exact) mass is 509 g/mol. The van der Waals surface area contributed by atoms with Crippen molar-refractivity contribution in [3.8, 4) is 11.5 Å². The van der Waals surface area contributed by atoms with Gasteiger partial charge in [-0.2, -0.15) is 9.78 Å². The lowest BCUT2D eigenvalue weighted by Gasteiger charge is -2.13. The molecule has 0 spiro atoms. The molecule has 1 heterocycles. The molecule has 168 valence electrons.